The fraction of sp³-hybridized carbons (Fsp3) is 0.273. The van der Waals surface area contributed by atoms with Crippen LogP contribution in [-0.4, -0.2) is 23.4 Å². The van der Waals surface area contributed by atoms with Crippen LogP contribution in [0.1, 0.15) is 17.3 Å². The number of halogens is 4. The maximum absolute atomic E-state index is 12.3. The van der Waals surface area contributed by atoms with Gasteiger partial charge in [0, 0.05) is 15.5 Å². The zero-order chi connectivity index (χ0) is 15.5. The van der Waals surface area contributed by atoms with E-state index in [1.54, 1.807) is 0 Å². The Morgan fingerprint density at radius 3 is 2.45 bits per heavy atom. The van der Waals surface area contributed by atoms with Gasteiger partial charge in [0.15, 0.2) is 0 Å². The average Bonchev–Trinajstić information content (AvgIpc) is 2.25. The van der Waals surface area contributed by atoms with Crippen LogP contribution < -0.4 is 11.1 Å². The zero-order valence-electron chi connectivity index (χ0n) is 10.1. The van der Waals surface area contributed by atoms with Crippen molar-refractivity contribution in [3.05, 3.63) is 28.8 Å². The van der Waals surface area contributed by atoms with Gasteiger partial charge in [-0.2, -0.15) is 13.2 Å². The first-order valence-corrected chi connectivity index (χ1v) is 6.44. The number of carbonyl (C=O) groups excluding carboxylic acids is 2. The number of hydrogen-bond donors (Lipinski definition) is 2. The Labute approximate surface area is 121 Å². The molecule has 0 unspecified atom stereocenters. The number of hydrogen-bond acceptors (Lipinski definition) is 3. The molecule has 0 aliphatic carbocycles. The molecule has 0 fully saturated rings. The highest BCUT2D eigenvalue weighted by atomic mass is 35.5. The normalized spacial score (nSPS) is 12.8. The van der Waals surface area contributed by atoms with Gasteiger partial charge in [-0.15, -0.1) is 0 Å². The Balaban J connectivity index is 2.95. The number of primary amides is 1. The number of alkyl halides is 3. The molecule has 0 saturated carbocycles. The largest absolute Gasteiger partial charge is 0.446 e. The van der Waals surface area contributed by atoms with E-state index in [-0.39, 0.29) is 27.2 Å². The standard InChI is InChI=1S/C11H10ClF3N2O2S/c1-5(9(16)18)17-10(19)6-2-7(12)4-8(3-6)20-11(13,14)15/h2-5H,1H3,(H2,16,18)(H,17,19)/t5-/m0/s1. The number of nitrogens with one attached hydrogen (secondary N) is 1. The molecule has 0 saturated heterocycles. The van der Waals surface area contributed by atoms with Gasteiger partial charge in [0.05, 0.1) is 0 Å². The minimum absolute atomic E-state index is 0.0175. The molecule has 2 amide bonds. The van der Waals surface area contributed by atoms with Crippen LogP contribution in [0.15, 0.2) is 23.1 Å². The lowest BCUT2D eigenvalue weighted by Gasteiger charge is -2.12. The van der Waals surface area contributed by atoms with Gasteiger partial charge < -0.3 is 11.1 Å². The van der Waals surface area contributed by atoms with E-state index < -0.39 is 23.4 Å². The summed E-state index contributed by atoms with van der Waals surface area (Å²) in [6.07, 6.45) is 0. The third-order valence-electron chi connectivity index (χ3n) is 2.14. The Kier molecular flexibility index (Phi) is 5.29. The monoisotopic (exact) mass is 326 g/mol. The van der Waals surface area contributed by atoms with Gasteiger partial charge in [0.2, 0.25) is 5.91 Å². The van der Waals surface area contributed by atoms with Crippen LogP contribution in [0.25, 0.3) is 0 Å². The van der Waals surface area contributed by atoms with Crippen molar-refractivity contribution in [3.63, 3.8) is 0 Å². The van der Waals surface area contributed by atoms with E-state index in [2.05, 4.69) is 5.32 Å². The minimum Gasteiger partial charge on any atom is -0.368 e. The predicted molar refractivity (Wildman–Crippen MR) is 69.5 cm³/mol. The molecule has 0 spiro atoms. The van der Waals surface area contributed by atoms with Crippen LogP contribution in [0.2, 0.25) is 5.02 Å². The second-order valence-corrected chi connectivity index (χ2v) is 5.40. The van der Waals surface area contributed by atoms with E-state index in [1.807, 2.05) is 0 Å². The first-order chi connectivity index (χ1) is 9.08. The van der Waals surface area contributed by atoms with Gasteiger partial charge in [-0.3, -0.25) is 9.59 Å². The summed E-state index contributed by atoms with van der Waals surface area (Å²) in [5.74, 6) is -1.49. The van der Waals surface area contributed by atoms with Crippen molar-refractivity contribution in [1.82, 2.24) is 5.32 Å². The van der Waals surface area contributed by atoms with Crippen LogP contribution in [0.5, 0.6) is 0 Å². The number of nitrogens with two attached hydrogens (primary N) is 1. The maximum Gasteiger partial charge on any atom is 0.446 e. The lowest BCUT2D eigenvalue weighted by Crippen LogP contribution is -2.42. The zero-order valence-corrected chi connectivity index (χ0v) is 11.7. The van der Waals surface area contributed by atoms with E-state index in [0.717, 1.165) is 12.1 Å². The Morgan fingerprint density at radius 1 is 1.35 bits per heavy atom. The van der Waals surface area contributed by atoms with E-state index in [4.69, 9.17) is 17.3 Å². The summed E-state index contributed by atoms with van der Waals surface area (Å²) in [6, 6.07) is 2.38. The van der Waals surface area contributed by atoms with Crippen LogP contribution in [-0.2, 0) is 4.79 Å². The van der Waals surface area contributed by atoms with Gasteiger partial charge in [-0.05, 0) is 36.9 Å². The molecule has 1 atom stereocenters. The van der Waals surface area contributed by atoms with Crippen molar-refractivity contribution < 1.29 is 22.8 Å². The molecule has 0 heterocycles. The molecule has 0 aromatic heterocycles. The molecule has 0 bridgehead atoms. The quantitative estimate of drug-likeness (QED) is 0.835. The number of rotatable bonds is 4. The fourth-order valence-electron chi connectivity index (χ4n) is 1.24. The summed E-state index contributed by atoms with van der Waals surface area (Å²) in [6.45, 7) is 1.36. The third kappa shape index (κ3) is 5.30. The number of carbonyl (C=O) groups is 2. The van der Waals surface area contributed by atoms with Gasteiger partial charge in [0.25, 0.3) is 5.91 Å². The topological polar surface area (TPSA) is 72.2 Å². The lowest BCUT2D eigenvalue weighted by atomic mass is 10.2. The molecule has 0 aliphatic heterocycles. The lowest BCUT2D eigenvalue weighted by molar-refractivity contribution is -0.119. The number of amides is 2. The second kappa shape index (κ2) is 6.36. The number of benzene rings is 1. The molecular formula is C11H10ClF3N2O2S. The fourth-order valence-corrected chi connectivity index (χ4v) is 2.18. The molecule has 1 aromatic carbocycles. The summed E-state index contributed by atoms with van der Waals surface area (Å²) in [7, 11) is 0. The first kappa shape index (κ1) is 16.6. The highest BCUT2D eigenvalue weighted by Gasteiger charge is 2.29. The summed E-state index contributed by atoms with van der Waals surface area (Å²) in [5.41, 5.74) is 0.400. The Morgan fingerprint density at radius 2 is 1.95 bits per heavy atom. The Bertz CT molecular complexity index is 537. The van der Waals surface area contributed by atoms with Gasteiger partial charge in [-0.25, -0.2) is 0 Å². The van der Waals surface area contributed by atoms with E-state index in [0.29, 0.717) is 0 Å². The SMILES string of the molecule is C[C@H](NC(=O)c1cc(Cl)cc(SC(F)(F)F)c1)C(N)=O. The molecule has 110 valence electrons. The highest BCUT2D eigenvalue weighted by Crippen LogP contribution is 2.38. The molecule has 0 aliphatic rings. The van der Waals surface area contributed by atoms with Gasteiger partial charge in [0.1, 0.15) is 6.04 Å². The highest BCUT2D eigenvalue weighted by molar-refractivity contribution is 8.00. The summed E-state index contributed by atoms with van der Waals surface area (Å²) in [5, 5.41) is 2.23. The number of thioether (sulfide) groups is 1. The molecule has 0 radical (unpaired) electrons. The van der Waals surface area contributed by atoms with E-state index >= 15 is 0 Å². The molecule has 3 N–H and O–H groups in total. The van der Waals surface area contributed by atoms with Crippen LogP contribution in [0, 0.1) is 0 Å². The van der Waals surface area contributed by atoms with Crippen molar-refractivity contribution >= 4 is 35.2 Å². The molecule has 1 rings (SSSR count). The van der Waals surface area contributed by atoms with Crippen molar-refractivity contribution in [2.24, 2.45) is 5.73 Å². The smallest absolute Gasteiger partial charge is 0.368 e. The van der Waals surface area contributed by atoms with E-state index in [1.165, 1.54) is 13.0 Å². The average molecular weight is 327 g/mol. The molecule has 9 heteroatoms. The molecule has 4 nitrogen and oxygen atoms in total. The second-order valence-electron chi connectivity index (χ2n) is 3.82. The van der Waals surface area contributed by atoms with Crippen LogP contribution >= 0.6 is 23.4 Å². The minimum atomic E-state index is -4.49. The molecule has 20 heavy (non-hydrogen) atoms. The Hall–Kier alpha value is -1.41. The van der Waals surface area contributed by atoms with Crippen molar-refractivity contribution in [2.75, 3.05) is 0 Å². The molecular weight excluding hydrogens is 317 g/mol. The van der Waals surface area contributed by atoms with Crippen molar-refractivity contribution in [1.29, 1.82) is 0 Å². The first-order valence-electron chi connectivity index (χ1n) is 5.25. The van der Waals surface area contributed by atoms with Crippen molar-refractivity contribution in [2.45, 2.75) is 23.4 Å². The van der Waals surface area contributed by atoms with Crippen LogP contribution in [0.3, 0.4) is 0 Å². The van der Waals surface area contributed by atoms with Gasteiger partial charge in [-0.1, -0.05) is 11.6 Å². The van der Waals surface area contributed by atoms with Gasteiger partial charge >= 0.3 is 5.51 Å². The predicted octanol–water partition coefficient (Wildman–Crippen LogP) is 2.56. The van der Waals surface area contributed by atoms with Crippen LogP contribution in [0.4, 0.5) is 13.2 Å². The third-order valence-corrected chi connectivity index (χ3v) is 3.06. The summed E-state index contributed by atoms with van der Waals surface area (Å²) in [4.78, 5) is 22.4. The maximum atomic E-state index is 12.3. The summed E-state index contributed by atoms with van der Waals surface area (Å²) < 4.78 is 36.8. The molecule has 1 aromatic rings. The van der Waals surface area contributed by atoms with Crippen molar-refractivity contribution in [3.8, 4) is 0 Å². The van der Waals surface area contributed by atoms with E-state index in [9.17, 15) is 22.8 Å². The summed E-state index contributed by atoms with van der Waals surface area (Å²) >= 11 is 5.29.